The summed E-state index contributed by atoms with van der Waals surface area (Å²) in [4.78, 5) is 11.4. The van der Waals surface area contributed by atoms with Crippen LogP contribution in [0.25, 0.3) is 0 Å². The fraction of sp³-hybridized carbons (Fsp3) is 0.941. The zero-order valence-corrected chi connectivity index (χ0v) is 14.2. The fourth-order valence-corrected chi connectivity index (χ4v) is 3.55. The largest absolute Gasteiger partial charge is 0.461 e. The molecule has 0 bridgehead atoms. The van der Waals surface area contributed by atoms with Gasteiger partial charge in [-0.15, -0.1) is 11.8 Å². The lowest BCUT2D eigenvalue weighted by molar-refractivity contribution is -0.148. The second-order valence-corrected chi connectivity index (χ2v) is 7.38. The third-order valence-electron chi connectivity index (χ3n) is 4.03. The van der Waals surface area contributed by atoms with E-state index in [2.05, 4.69) is 6.92 Å². The monoisotopic (exact) mass is 300 g/mol. The maximum atomic E-state index is 11.4. The smallest absolute Gasteiger partial charge is 0.319 e. The summed E-state index contributed by atoms with van der Waals surface area (Å²) in [7, 11) is 0. The maximum absolute atomic E-state index is 11.4. The van der Waals surface area contributed by atoms with Gasteiger partial charge in [-0.3, -0.25) is 4.79 Å². The molecule has 0 saturated carbocycles. The van der Waals surface area contributed by atoms with Crippen LogP contribution < -0.4 is 0 Å². The lowest BCUT2D eigenvalue weighted by atomic mass is 10.0. The van der Waals surface area contributed by atoms with Crippen LogP contribution in [0.15, 0.2) is 0 Å². The first-order valence-corrected chi connectivity index (χ1v) is 9.61. The van der Waals surface area contributed by atoms with Gasteiger partial charge in [-0.2, -0.15) is 0 Å². The van der Waals surface area contributed by atoms with Gasteiger partial charge in [-0.25, -0.2) is 0 Å². The van der Waals surface area contributed by atoms with Crippen molar-refractivity contribution in [3.63, 3.8) is 0 Å². The average molecular weight is 301 g/mol. The third-order valence-corrected chi connectivity index (χ3v) is 5.28. The third kappa shape index (κ3) is 8.18. The molecule has 2 nitrogen and oxygen atoms in total. The van der Waals surface area contributed by atoms with Gasteiger partial charge in [0.05, 0.1) is 5.25 Å². The number of ether oxygens (including phenoxy) is 1. The number of hydrogen-bond donors (Lipinski definition) is 0. The van der Waals surface area contributed by atoms with Gasteiger partial charge < -0.3 is 4.74 Å². The molecule has 118 valence electrons. The van der Waals surface area contributed by atoms with Crippen LogP contribution in [0.1, 0.15) is 84.5 Å². The highest BCUT2D eigenvalue weighted by Crippen LogP contribution is 2.24. The standard InChI is InChI=1S/C17H32O2S/c1-3-4-5-6-7-8-9-10-11-12-13-16-14-20-15(2)17(18)19-16/h15-16H,3-14H2,1-2H3. The Hall–Kier alpha value is -0.180. The number of hydrogen-bond acceptors (Lipinski definition) is 3. The normalized spacial score (nSPS) is 22.8. The van der Waals surface area contributed by atoms with E-state index in [4.69, 9.17) is 4.74 Å². The Bertz CT molecular complexity index is 255. The van der Waals surface area contributed by atoms with Gasteiger partial charge in [0, 0.05) is 5.75 Å². The van der Waals surface area contributed by atoms with Crippen molar-refractivity contribution in [2.75, 3.05) is 5.75 Å². The summed E-state index contributed by atoms with van der Waals surface area (Å²) in [5.74, 6) is 0.975. The lowest BCUT2D eigenvalue weighted by Gasteiger charge is -2.25. The predicted molar refractivity (Wildman–Crippen MR) is 88.3 cm³/mol. The summed E-state index contributed by atoms with van der Waals surface area (Å²) in [5, 5.41) is 0.0407. The number of cyclic esters (lactones) is 1. The zero-order chi connectivity index (χ0) is 14.6. The minimum Gasteiger partial charge on any atom is -0.461 e. The van der Waals surface area contributed by atoms with E-state index >= 15 is 0 Å². The van der Waals surface area contributed by atoms with Crippen LogP contribution in [-0.4, -0.2) is 23.1 Å². The zero-order valence-electron chi connectivity index (χ0n) is 13.4. The molecule has 1 aliphatic rings. The number of esters is 1. The Morgan fingerprint density at radius 2 is 1.55 bits per heavy atom. The Labute approximate surface area is 129 Å². The molecule has 0 aromatic carbocycles. The first-order chi connectivity index (χ1) is 9.74. The molecule has 1 heterocycles. The Balaban J connectivity index is 1.84. The first-order valence-electron chi connectivity index (χ1n) is 8.56. The van der Waals surface area contributed by atoms with Crippen molar-refractivity contribution in [1.29, 1.82) is 0 Å². The van der Waals surface area contributed by atoms with E-state index in [1.54, 1.807) is 11.8 Å². The lowest BCUT2D eigenvalue weighted by Crippen LogP contribution is -2.32. The van der Waals surface area contributed by atoms with Crippen LogP contribution >= 0.6 is 11.8 Å². The Morgan fingerprint density at radius 1 is 1.00 bits per heavy atom. The summed E-state index contributed by atoms with van der Waals surface area (Å²) in [6.07, 6.45) is 14.8. The van der Waals surface area contributed by atoms with E-state index < -0.39 is 0 Å². The molecule has 20 heavy (non-hydrogen) atoms. The van der Waals surface area contributed by atoms with Crippen LogP contribution in [0.2, 0.25) is 0 Å². The van der Waals surface area contributed by atoms with Crippen molar-refractivity contribution in [2.45, 2.75) is 95.8 Å². The van der Waals surface area contributed by atoms with E-state index in [0.29, 0.717) is 0 Å². The number of carbonyl (C=O) groups excluding carboxylic acids is 1. The van der Waals surface area contributed by atoms with E-state index in [1.165, 1.54) is 64.2 Å². The van der Waals surface area contributed by atoms with Crippen LogP contribution in [0.4, 0.5) is 0 Å². The average Bonchev–Trinajstić information content (AvgIpc) is 2.45. The molecule has 0 spiro atoms. The maximum Gasteiger partial charge on any atom is 0.319 e. The van der Waals surface area contributed by atoms with Crippen LogP contribution in [0.3, 0.4) is 0 Å². The van der Waals surface area contributed by atoms with Gasteiger partial charge >= 0.3 is 5.97 Å². The molecule has 0 N–H and O–H groups in total. The Kier molecular flexibility index (Phi) is 10.3. The summed E-state index contributed by atoms with van der Waals surface area (Å²) in [6, 6.07) is 0. The molecule has 0 radical (unpaired) electrons. The van der Waals surface area contributed by atoms with E-state index in [-0.39, 0.29) is 17.3 Å². The van der Waals surface area contributed by atoms with Crippen molar-refractivity contribution in [3.8, 4) is 0 Å². The van der Waals surface area contributed by atoms with Gasteiger partial charge in [-0.05, 0) is 19.8 Å². The molecule has 3 heteroatoms. The van der Waals surface area contributed by atoms with E-state index in [1.807, 2.05) is 6.92 Å². The SMILES string of the molecule is CCCCCCCCCCCCC1CSC(C)C(=O)O1. The van der Waals surface area contributed by atoms with Gasteiger partial charge in [0.25, 0.3) is 0 Å². The summed E-state index contributed by atoms with van der Waals surface area (Å²) < 4.78 is 5.42. The number of carbonyl (C=O) groups is 1. The molecule has 0 aromatic heterocycles. The topological polar surface area (TPSA) is 26.3 Å². The quantitative estimate of drug-likeness (QED) is 0.380. The molecular formula is C17H32O2S. The molecule has 1 rings (SSSR count). The highest BCUT2D eigenvalue weighted by Gasteiger charge is 2.26. The van der Waals surface area contributed by atoms with Crippen molar-refractivity contribution >= 4 is 17.7 Å². The van der Waals surface area contributed by atoms with Crippen molar-refractivity contribution < 1.29 is 9.53 Å². The minimum atomic E-state index is -0.0154. The summed E-state index contributed by atoms with van der Waals surface area (Å²) >= 11 is 1.74. The molecule has 0 aliphatic carbocycles. The minimum absolute atomic E-state index is 0.0154. The van der Waals surface area contributed by atoms with Gasteiger partial charge in [0.1, 0.15) is 6.10 Å². The second-order valence-electron chi connectivity index (χ2n) is 6.01. The molecule has 0 aromatic rings. The molecule has 1 saturated heterocycles. The molecular weight excluding hydrogens is 268 g/mol. The number of rotatable bonds is 11. The van der Waals surface area contributed by atoms with Crippen LogP contribution in [-0.2, 0) is 9.53 Å². The van der Waals surface area contributed by atoms with Crippen molar-refractivity contribution in [2.24, 2.45) is 0 Å². The fourth-order valence-electron chi connectivity index (χ4n) is 2.62. The predicted octanol–water partition coefficient (Wildman–Crippen LogP) is 5.34. The number of thioether (sulfide) groups is 1. The summed E-state index contributed by atoms with van der Waals surface area (Å²) in [5.41, 5.74) is 0. The molecule has 1 fully saturated rings. The second kappa shape index (κ2) is 11.5. The van der Waals surface area contributed by atoms with E-state index in [9.17, 15) is 4.79 Å². The van der Waals surface area contributed by atoms with Crippen molar-refractivity contribution in [3.05, 3.63) is 0 Å². The van der Waals surface area contributed by atoms with Crippen LogP contribution in [0.5, 0.6) is 0 Å². The van der Waals surface area contributed by atoms with Crippen LogP contribution in [0, 0.1) is 0 Å². The van der Waals surface area contributed by atoms with E-state index in [0.717, 1.165) is 12.2 Å². The summed E-state index contributed by atoms with van der Waals surface area (Å²) in [6.45, 7) is 4.20. The molecule has 2 atom stereocenters. The van der Waals surface area contributed by atoms with Crippen molar-refractivity contribution in [1.82, 2.24) is 0 Å². The van der Waals surface area contributed by atoms with Gasteiger partial charge in [0.2, 0.25) is 0 Å². The molecule has 1 aliphatic heterocycles. The molecule has 0 amide bonds. The number of unbranched alkanes of at least 4 members (excludes halogenated alkanes) is 9. The van der Waals surface area contributed by atoms with Gasteiger partial charge in [0.15, 0.2) is 0 Å². The highest BCUT2D eigenvalue weighted by atomic mass is 32.2. The molecule has 2 unspecified atom stereocenters. The Morgan fingerprint density at radius 3 is 2.10 bits per heavy atom. The van der Waals surface area contributed by atoms with Gasteiger partial charge in [-0.1, -0.05) is 64.7 Å². The highest BCUT2D eigenvalue weighted by molar-refractivity contribution is 8.00. The first kappa shape index (κ1) is 17.9.